The molecule has 0 spiro atoms. The summed E-state index contributed by atoms with van der Waals surface area (Å²) >= 11 is 0. The fourth-order valence-corrected chi connectivity index (χ4v) is 3.40. The summed E-state index contributed by atoms with van der Waals surface area (Å²) in [7, 11) is 1.64. The number of aromatic nitrogens is 3. The minimum absolute atomic E-state index is 0.264. The van der Waals surface area contributed by atoms with Crippen LogP contribution >= 0.6 is 0 Å². The second kappa shape index (κ2) is 6.46. The van der Waals surface area contributed by atoms with E-state index in [1.165, 1.54) is 12.1 Å². The summed E-state index contributed by atoms with van der Waals surface area (Å²) < 4.78 is 20.7. The molecule has 2 aromatic heterocycles. The molecule has 3 aromatic carbocycles. The van der Waals surface area contributed by atoms with Gasteiger partial charge in [-0.25, -0.2) is 14.4 Å². The van der Waals surface area contributed by atoms with Gasteiger partial charge >= 0.3 is 0 Å². The largest absolute Gasteiger partial charge is 0.497 e. The van der Waals surface area contributed by atoms with Crippen molar-refractivity contribution < 1.29 is 9.13 Å². The van der Waals surface area contributed by atoms with Crippen LogP contribution in [0, 0.1) is 5.82 Å². The van der Waals surface area contributed by atoms with Crippen molar-refractivity contribution in [3.8, 4) is 28.3 Å². The molecular weight excluding hydrogens is 353 g/mol. The van der Waals surface area contributed by atoms with Gasteiger partial charge in [0.2, 0.25) is 5.78 Å². The average molecular weight is 369 g/mol. The zero-order valence-corrected chi connectivity index (χ0v) is 15.1. The third kappa shape index (κ3) is 2.68. The number of nitrogens with zero attached hydrogens (tertiary/aromatic N) is 3. The Morgan fingerprint density at radius 1 is 0.821 bits per heavy atom. The van der Waals surface area contributed by atoms with Crippen molar-refractivity contribution in [1.82, 2.24) is 14.4 Å². The Hall–Kier alpha value is -3.73. The van der Waals surface area contributed by atoms with E-state index in [0.717, 1.165) is 39.3 Å². The molecular formula is C23H16FN3O. The molecule has 0 bridgehead atoms. The summed E-state index contributed by atoms with van der Waals surface area (Å²) in [6.45, 7) is 0. The molecule has 28 heavy (non-hydrogen) atoms. The summed E-state index contributed by atoms with van der Waals surface area (Å²) in [5, 5.41) is 0. The number of halogens is 1. The van der Waals surface area contributed by atoms with Crippen molar-refractivity contribution in [1.29, 1.82) is 0 Å². The minimum atomic E-state index is -0.264. The summed E-state index contributed by atoms with van der Waals surface area (Å²) in [5.41, 5.74) is 5.38. The fourth-order valence-electron chi connectivity index (χ4n) is 3.40. The number of benzene rings is 3. The lowest BCUT2D eigenvalue weighted by atomic mass is 10.1. The number of imidazole rings is 1. The molecule has 0 aliphatic heterocycles. The first kappa shape index (κ1) is 16.4. The van der Waals surface area contributed by atoms with E-state index >= 15 is 0 Å². The molecule has 0 unspecified atom stereocenters. The van der Waals surface area contributed by atoms with Crippen molar-refractivity contribution in [2.45, 2.75) is 0 Å². The molecule has 0 fully saturated rings. The fraction of sp³-hybridized carbons (Fsp3) is 0.0435. The molecule has 0 radical (unpaired) electrons. The van der Waals surface area contributed by atoms with Crippen LogP contribution in [0.2, 0.25) is 0 Å². The predicted octanol–water partition coefficient (Wildman–Crippen LogP) is 5.36. The molecule has 0 amide bonds. The zero-order chi connectivity index (χ0) is 19.1. The normalized spacial score (nSPS) is 11.2. The highest BCUT2D eigenvalue weighted by atomic mass is 19.1. The van der Waals surface area contributed by atoms with Gasteiger partial charge in [0.25, 0.3) is 0 Å². The monoisotopic (exact) mass is 369 g/mol. The standard InChI is InChI=1S/C23H16FN3O/c1-28-18-12-8-15(9-13-18)20-14-22(16-6-10-17(24)11-7-16)27-21-5-3-2-4-19(21)25-23(27)26-20/h2-14H,1H3. The van der Waals surface area contributed by atoms with Crippen LogP contribution in [0.15, 0.2) is 78.9 Å². The van der Waals surface area contributed by atoms with Gasteiger partial charge in [0, 0.05) is 5.56 Å². The van der Waals surface area contributed by atoms with E-state index < -0.39 is 0 Å². The number of hydrogen-bond donors (Lipinski definition) is 0. The average Bonchev–Trinajstić information content (AvgIpc) is 3.12. The van der Waals surface area contributed by atoms with Gasteiger partial charge in [-0.2, -0.15) is 0 Å². The van der Waals surface area contributed by atoms with Crippen LogP contribution in [0.5, 0.6) is 5.75 Å². The molecule has 5 rings (SSSR count). The molecule has 0 saturated heterocycles. The Kier molecular flexibility index (Phi) is 3.79. The van der Waals surface area contributed by atoms with E-state index in [1.807, 2.05) is 59.0 Å². The molecule has 4 nitrogen and oxygen atoms in total. The molecule has 2 heterocycles. The number of methoxy groups -OCH3 is 1. The molecule has 136 valence electrons. The van der Waals surface area contributed by atoms with Crippen LogP contribution in [-0.4, -0.2) is 21.5 Å². The van der Waals surface area contributed by atoms with Gasteiger partial charge in [-0.1, -0.05) is 12.1 Å². The van der Waals surface area contributed by atoms with E-state index in [-0.39, 0.29) is 5.82 Å². The first-order chi connectivity index (χ1) is 13.7. The van der Waals surface area contributed by atoms with Gasteiger partial charge in [-0.05, 0) is 72.3 Å². The summed E-state index contributed by atoms with van der Waals surface area (Å²) in [6.07, 6.45) is 0. The quantitative estimate of drug-likeness (QED) is 0.429. The number of para-hydroxylation sites is 2. The predicted molar refractivity (Wildman–Crippen MR) is 108 cm³/mol. The smallest absolute Gasteiger partial charge is 0.235 e. The molecule has 0 aliphatic rings. The Balaban J connectivity index is 1.81. The van der Waals surface area contributed by atoms with Gasteiger partial charge in [0.1, 0.15) is 11.6 Å². The molecule has 0 saturated carbocycles. The van der Waals surface area contributed by atoms with E-state index in [2.05, 4.69) is 0 Å². The highest BCUT2D eigenvalue weighted by Gasteiger charge is 2.14. The lowest BCUT2D eigenvalue weighted by molar-refractivity contribution is 0.415. The van der Waals surface area contributed by atoms with E-state index in [1.54, 1.807) is 19.2 Å². The second-order valence-corrected chi connectivity index (χ2v) is 6.50. The third-order valence-corrected chi connectivity index (χ3v) is 4.80. The van der Waals surface area contributed by atoms with E-state index in [4.69, 9.17) is 14.7 Å². The third-order valence-electron chi connectivity index (χ3n) is 4.80. The topological polar surface area (TPSA) is 39.4 Å². The maximum atomic E-state index is 13.5. The number of rotatable bonds is 3. The van der Waals surface area contributed by atoms with Gasteiger partial charge in [-0.15, -0.1) is 0 Å². The molecule has 0 aliphatic carbocycles. The van der Waals surface area contributed by atoms with Gasteiger partial charge < -0.3 is 4.74 Å². The van der Waals surface area contributed by atoms with Crippen LogP contribution in [0.3, 0.4) is 0 Å². The van der Waals surface area contributed by atoms with Crippen molar-refractivity contribution in [2.24, 2.45) is 0 Å². The Labute approximate surface area is 160 Å². The van der Waals surface area contributed by atoms with Crippen LogP contribution in [-0.2, 0) is 0 Å². The van der Waals surface area contributed by atoms with Crippen LogP contribution in [0.1, 0.15) is 0 Å². The van der Waals surface area contributed by atoms with Crippen LogP contribution in [0.25, 0.3) is 39.3 Å². The Morgan fingerprint density at radius 3 is 2.29 bits per heavy atom. The van der Waals surface area contributed by atoms with Crippen molar-refractivity contribution in [3.63, 3.8) is 0 Å². The minimum Gasteiger partial charge on any atom is -0.497 e. The molecule has 5 aromatic rings. The van der Waals surface area contributed by atoms with Gasteiger partial charge in [-0.3, -0.25) is 4.40 Å². The summed E-state index contributed by atoms with van der Waals surface area (Å²) in [5.74, 6) is 1.13. The van der Waals surface area contributed by atoms with E-state index in [9.17, 15) is 4.39 Å². The maximum Gasteiger partial charge on any atom is 0.235 e. The highest BCUT2D eigenvalue weighted by molar-refractivity contribution is 5.84. The van der Waals surface area contributed by atoms with Gasteiger partial charge in [0.15, 0.2) is 0 Å². The first-order valence-electron chi connectivity index (χ1n) is 8.91. The summed E-state index contributed by atoms with van der Waals surface area (Å²) in [6, 6.07) is 24.1. The van der Waals surface area contributed by atoms with Crippen LogP contribution < -0.4 is 4.74 Å². The SMILES string of the molecule is COc1ccc(-c2cc(-c3ccc(F)cc3)n3c(n2)nc2ccccc23)cc1. The van der Waals surface area contributed by atoms with Gasteiger partial charge in [0.05, 0.1) is 29.5 Å². The number of ether oxygens (including phenoxy) is 1. The number of hydrogen-bond acceptors (Lipinski definition) is 3. The van der Waals surface area contributed by atoms with Crippen molar-refractivity contribution in [2.75, 3.05) is 7.11 Å². The van der Waals surface area contributed by atoms with Crippen molar-refractivity contribution in [3.05, 3.63) is 84.7 Å². The molecule has 0 N–H and O–H groups in total. The van der Waals surface area contributed by atoms with E-state index in [0.29, 0.717) is 5.78 Å². The first-order valence-corrected chi connectivity index (χ1v) is 8.91. The van der Waals surface area contributed by atoms with Crippen molar-refractivity contribution >= 4 is 16.8 Å². The highest BCUT2D eigenvalue weighted by Crippen LogP contribution is 2.30. The summed E-state index contributed by atoms with van der Waals surface area (Å²) in [4.78, 5) is 9.47. The molecule has 0 atom stereocenters. The Morgan fingerprint density at radius 2 is 1.54 bits per heavy atom. The maximum absolute atomic E-state index is 13.5. The molecule has 5 heteroatoms. The van der Waals surface area contributed by atoms with Crippen LogP contribution in [0.4, 0.5) is 4.39 Å². The lowest BCUT2D eigenvalue weighted by Gasteiger charge is -2.10. The zero-order valence-electron chi connectivity index (χ0n) is 15.1. The number of fused-ring (bicyclic) bond motifs is 3. The second-order valence-electron chi connectivity index (χ2n) is 6.50. The lowest BCUT2D eigenvalue weighted by Crippen LogP contribution is -1.97. The Bertz CT molecular complexity index is 1290.